The van der Waals surface area contributed by atoms with Crippen LogP contribution in [-0.4, -0.2) is 40.1 Å². The number of hydrogen-bond acceptors (Lipinski definition) is 3. The molecule has 1 aromatic rings. The van der Waals surface area contributed by atoms with E-state index in [1.165, 1.54) is 0 Å². The van der Waals surface area contributed by atoms with Gasteiger partial charge in [0.2, 0.25) is 5.78 Å². The van der Waals surface area contributed by atoms with Crippen molar-refractivity contribution in [3.8, 4) is 0 Å². The fraction of sp³-hybridized carbons (Fsp3) is 0.714. The molecule has 0 N–H and O–H groups in total. The van der Waals surface area contributed by atoms with E-state index in [-0.39, 0.29) is 11.3 Å². The minimum atomic E-state index is -0.346. The van der Waals surface area contributed by atoms with Crippen molar-refractivity contribution in [2.45, 2.75) is 38.1 Å². The average Bonchev–Trinajstić information content (AvgIpc) is 2.76. The lowest BCUT2D eigenvalue weighted by Crippen LogP contribution is -2.53. The molecule has 1 aromatic heterocycles. The molecule has 2 rings (SSSR count). The van der Waals surface area contributed by atoms with Crippen LogP contribution in [0.2, 0.25) is 0 Å². The van der Waals surface area contributed by atoms with Crippen LogP contribution in [0.15, 0.2) is 12.3 Å². The summed E-state index contributed by atoms with van der Waals surface area (Å²) in [4.78, 5) is 14.9. The van der Waals surface area contributed by atoms with E-state index in [1.54, 1.807) is 4.68 Å². The fourth-order valence-electron chi connectivity index (χ4n) is 2.89. The van der Waals surface area contributed by atoms with Gasteiger partial charge in [-0.3, -0.25) is 14.4 Å². The highest BCUT2D eigenvalue weighted by atomic mass is 16.1. The Morgan fingerprint density at radius 3 is 2.50 bits per heavy atom. The van der Waals surface area contributed by atoms with E-state index in [0.717, 1.165) is 31.6 Å². The van der Waals surface area contributed by atoms with Gasteiger partial charge in [-0.15, -0.1) is 0 Å². The smallest absolute Gasteiger partial charge is 0.203 e. The Balaban J connectivity index is 2.28. The first-order valence-corrected chi connectivity index (χ1v) is 6.67. The zero-order valence-electron chi connectivity index (χ0n) is 11.8. The van der Waals surface area contributed by atoms with Crippen LogP contribution in [0.5, 0.6) is 0 Å². The van der Waals surface area contributed by atoms with Gasteiger partial charge in [-0.2, -0.15) is 5.10 Å². The second-order valence-corrected chi connectivity index (χ2v) is 5.81. The molecular weight excluding hydrogens is 226 g/mol. The van der Waals surface area contributed by atoms with Gasteiger partial charge in [-0.05, 0) is 51.8 Å². The number of aryl methyl sites for hydroxylation is 1. The largest absolute Gasteiger partial charge is 0.297 e. The molecule has 4 heteroatoms. The summed E-state index contributed by atoms with van der Waals surface area (Å²) < 4.78 is 1.70. The monoisotopic (exact) mass is 249 g/mol. The summed E-state index contributed by atoms with van der Waals surface area (Å²) in [6.45, 7) is 2.27. The SMILES string of the molecule is CC1CCC(C(=O)c2ccn(C)n2)(N(C)C)CC1. The van der Waals surface area contributed by atoms with Gasteiger partial charge >= 0.3 is 0 Å². The van der Waals surface area contributed by atoms with Gasteiger partial charge in [-0.25, -0.2) is 0 Å². The Morgan fingerprint density at radius 1 is 1.44 bits per heavy atom. The Kier molecular flexibility index (Phi) is 3.57. The molecule has 18 heavy (non-hydrogen) atoms. The fourth-order valence-corrected chi connectivity index (χ4v) is 2.89. The maximum absolute atomic E-state index is 12.8. The van der Waals surface area contributed by atoms with Crippen molar-refractivity contribution in [3.63, 3.8) is 0 Å². The van der Waals surface area contributed by atoms with Crippen LogP contribution < -0.4 is 0 Å². The molecule has 100 valence electrons. The van der Waals surface area contributed by atoms with E-state index >= 15 is 0 Å². The number of aromatic nitrogens is 2. The van der Waals surface area contributed by atoms with Gasteiger partial charge in [0.25, 0.3) is 0 Å². The highest BCUT2D eigenvalue weighted by Gasteiger charge is 2.43. The molecule has 0 amide bonds. The van der Waals surface area contributed by atoms with Crippen molar-refractivity contribution in [3.05, 3.63) is 18.0 Å². The number of carbonyl (C=O) groups is 1. The van der Waals surface area contributed by atoms with Crippen LogP contribution in [0.3, 0.4) is 0 Å². The number of hydrogen-bond donors (Lipinski definition) is 0. The first kappa shape index (κ1) is 13.3. The standard InChI is InChI=1S/C14H23N3O/c1-11-5-8-14(9-6-11,16(2)3)13(18)12-7-10-17(4)15-12/h7,10-11H,5-6,8-9H2,1-4H3. The van der Waals surface area contributed by atoms with Crippen molar-refractivity contribution < 1.29 is 4.79 Å². The molecular formula is C14H23N3O. The summed E-state index contributed by atoms with van der Waals surface area (Å²) >= 11 is 0. The quantitative estimate of drug-likeness (QED) is 0.770. The van der Waals surface area contributed by atoms with E-state index in [0.29, 0.717) is 5.69 Å². The molecule has 1 aliphatic carbocycles. The number of ketones is 1. The lowest BCUT2D eigenvalue weighted by molar-refractivity contribution is 0.0507. The van der Waals surface area contributed by atoms with Gasteiger partial charge in [0.15, 0.2) is 0 Å². The van der Waals surface area contributed by atoms with Crippen LogP contribution in [0, 0.1) is 5.92 Å². The molecule has 1 aliphatic rings. The van der Waals surface area contributed by atoms with Crippen LogP contribution in [0.4, 0.5) is 0 Å². The van der Waals surface area contributed by atoms with E-state index in [2.05, 4.69) is 16.9 Å². The number of carbonyl (C=O) groups excluding carboxylic acids is 1. The molecule has 0 aliphatic heterocycles. The van der Waals surface area contributed by atoms with E-state index in [1.807, 2.05) is 33.4 Å². The first-order chi connectivity index (χ1) is 8.45. The topological polar surface area (TPSA) is 38.1 Å². The van der Waals surface area contributed by atoms with Gasteiger partial charge in [-0.1, -0.05) is 6.92 Å². The molecule has 4 nitrogen and oxygen atoms in total. The highest BCUT2D eigenvalue weighted by molar-refractivity contribution is 6.01. The second kappa shape index (κ2) is 4.84. The minimum absolute atomic E-state index is 0.181. The summed E-state index contributed by atoms with van der Waals surface area (Å²) in [5.74, 6) is 0.912. The Morgan fingerprint density at radius 2 is 2.06 bits per heavy atom. The van der Waals surface area contributed by atoms with Crippen molar-refractivity contribution in [1.82, 2.24) is 14.7 Å². The number of rotatable bonds is 3. The van der Waals surface area contributed by atoms with Crippen molar-refractivity contribution >= 4 is 5.78 Å². The number of likely N-dealkylation sites (N-methyl/N-ethyl adjacent to an activating group) is 1. The molecule has 0 radical (unpaired) electrons. The third kappa shape index (κ3) is 2.21. The molecule has 1 saturated carbocycles. The van der Waals surface area contributed by atoms with Crippen molar-refractivity contribution in [2.24, 2.45) is 13.0 Å². The maximum Gasteiger partial charge on any atom is 0.203 e. The summed E-state index contributed by atoms with van der Waals surface area (Å²) in [5.41, 5.74) is 0.252. The van der Waals surface area contributed by atoms with Crippen LogP contribution >= 0.6 is 0 Å². The average molecular weight is 249 g/mol. The van der Waals surface area contributed by atoms with E-state index in [9.17, 15) is 4.79 Å². The van der Waals surface area contributed by atoms with Crippen LogP contribution in [0.1, 0.15) is 43.1 Å². The Labute approximate surface area is 109 Å². The van der Waals surface area contributed by atoms with E-state index in [4.69, 9.17) is 0 Å². The molecule has 0 spiro atoms. The van der Waals surface area contributed by atoms with Gasteiger partial charge in [0.1, 0.15) is 5.69 Å². The van der Waals surface area contributed by atoms with Crippen molar-refractivity contribution in [1.29, 1.82) is 0 Å². The predicted molar refractivity (Wildman–Crippen MR) is 71.6 cm³/mol. The third-order valence-electron chi connectivity index (χ3n) is 4.33. The normalized spacial score (nSPS) is 28.6. The van der Waals surface area contributed by atoms with Crippen LogP contribution in [0.25, 0.3) is 0 Å². The van der Waals surface area contributed by atoms with Gasteiger partial charge < -0.3 is 0 Å². The van der Waals surface area contributed by atoms with Gasteiger partial charge in [0.05, 0.1) is 5.54 Å². The molecule has 0 saturated heterocycles. The van der Waals surface area contributed by atoms with Crippen LogP contribution in [-0.2, 0) is 7.05 Å². The summed E-state index contributed by atoms with van der Waals surface area (Å²) in [6.07, 6.45) is 5.96. The molecule has 0 aromatic carbocycles. The lowest BCUT2D eigenvalue weighted by Gasteiger charge is -2.42. The maximum atomic E-state index is 12.8. The summed E-state index contributed by atoms with van der Waals surface area (Å²) in [7, 11) is 5.87. The molecule has 0 atom stereocenters. The van der Waals surface area contributed by atoms with Gasteiger partial charge in [0, 0.05) is 13.2 Å². The molecule has 0 bridgehead atoms. The van der Waals surface area contributed by atoms with E-state index < -0.39 is 0 Å². The Hall–Kier alpha value is -1.16. The lowest BCUT2D eigenvalue weighted by atomic mass is 9.73. The number of nitrogens with zero attached hydrogens (tertiary/aromatic N) is 3. The third-order valence-corrected chi connectivity index (χ3v) is 4.33. The second-order valence-electron chi connectivity index (χ2n) is 5.81. The first-order valence-electron chi connectivity index (χ1n) is 6.67. The zero-order chi connectivity index (χ0) is 13.3. The molecule has 1 fully saturated rings. The molecule has 0 unspecified atom stereocenters. The predicted octanol–water partition coefficient (Wildman–Crippen LogP) is 2.11. The summed E-state index contributed by atoms with van der Waals surface area (Å²) in [5, 5.41) is 4.27. The minimum Gasteiger partial charge on any atom is -0.297 e. The highest BCUT2D eigenvalue weighted by Crippen LogP contribution is 2.37. The number of Topliss-reactive ketones (excluding diaryl/α,β-unsaturated/α-hetero) is 1. The summed E-state index contributed by atoms with van der Waals surface area (Å²) in [6, 6.07) is 1.83. The zero-order valence-corrected chi connectivity index (χ0v) is 11.8. The molecule has 1 heterocycles. The van der Waals surface area contributed by atoms with Crippen molar-refractivity contribution in [2.75, 3.05) is 14.1 Å². The Bertz CT molecular complexity index is 428.